The summed E-state index contributed by atoms with van der Waals surface area (Å²) in [5.74, 6) is 0.910. The van der Waals surface area contributed by atoms with Gasteiger partial charge in [-0.15, -0.1) is 0 Å². The first-order valence-corrected chi connectivity index (χ1v) is 11.2. The largest absolute Gasteiger partial charge is 0.497 e. The highest BCUT2D eigenvalue weighted by Crippen LogP contribution is 2.40. The average Bonchev–Trinajstić information content (AvgIpc) is 3.39. The van der Waals surface area contributed by atoms with Crippen LogP contribution in [0.4, 0.5) is 0 Å². The molecule has 0 unspecified atom stereocenters. The smallest absolute Gasteiger partial charge is 0.336 e. The zero-order valence-electron chi connectivity index (χ0n) is 20.8. The van der Waals surface area contributed by atoms with Gasteiger partial charge in [0, 0.05) is 17.6 Å². The lowest BCUT2D eigenvalue weighted by Gasteiger charge is -2.17. The molecule has 0 saturated carbocycles. The number of benzene rings is 3. The maximum absolute atomic E-state index is 13.8. The van der Waals surface area contributed by atoms with Gasteiger partial charge in [-0.3, -0.25) is 4.79 Å². The number of ether oxygens (including phenoxy) is 6. The molecule has 1 aliphatic heterocycles. The van der Waals surface area contributed by atoms with Crippen molar-refractivity contribution in [3.8, 4) is 34.5 Å². The van der Waals surface area contributed by atoms with E-state index in [0.29, 0.717) is 51.2 Å². The summed E-state index contributed by atoms with van der Waals surface area (Å²) in [5.41, 5.74) is 1.10. The van der Waals surface area contributed by atoms with Crippen LogP contribution in [0.25, 0.3) is 5.57 Å². The first-order chi connectivity index (χ1) is 17.9. The third-order valence-corrected chi connectivity index (χ3v) is 5.91. The third-order valence-electron chi connectivity index (χ3n) is 5.91. The van der Waals surface area contributed by atoms with E-state index in [1.54, 1.807) is 54.6 Å². The van der Waals surface area contributed by atoms with Gasteiger partial charge in [0.1, 0.15) is 5.75 Å². The minimum atomic E-state index is -1.26. The Kier molecular flexibility index (Phi) is 7.52. The Morgan fingerprint density at radius 1 is 0.784 bits per heavy atom. The summed E-state index contributed by atoms with van der Waals surface area (Å²) in [5, 5.41) is 10.3. The number of rotatable bonds is 10. The molecule has 9 nitrogen and oxygen atoms in total. The zero-order valence-corrected chi connectivity index (χ0v) is 20.8. The number of Topliss-reactive ketones (excluding diaryl/α,β-unsaturated/α-hetero) is 1. The van der Waals surface area contributed by atoms with Crippen molar-refractivity contribution in [1.29, 1.82) is 0 Å². The lowest BCUT2D eigenvalue weighted by Crippen LogP contribution is -2.14. The molecule has 9 heteroatoms. The minimum Gasteiger partial charge on any atom is -0.497 e. The molecule has 0 fully saturated rings. The number of ketones is 1. The van der Waals surface area contributed by atoms with Crippen LogP contribution in [0.15, 0.2) is 60.2 Å². The Morgan fingerprint density at radius 3 is 1.97 bits per heavy atom. The summed E-state index contributed by atoms with van der Waals surface area (Å²) >= 11 is 0. The number of carboxylic acid groups (broad SMARTS) is 1. The number of carboxylic acids is 1. The highest BCUT2D eigenvalue weighted by Gasteiger charge is 2.27. The number of aliphatic carboxylic acids is 1. The number of hydrogen-bond acceptors (Lipinski definition) is 8. The highest BCUT2D eigenvalue weighted by atomic mass is 16.7. The molecule has 0 spiro atoms. The molecule has 4 rings (SSSR count). The SMILES string of the molecule is COc1ccc(C(=O)C(Cc2cc(OC)c(OC)c(OC)c2)=C(C(=O)O)c2ccc3c(c2)OCO3)cc1. The molecule has 37 heavy (non-hydrogen) atoms. The Morgan fingerprint density at radius 2 is 1.41 bits per heavy atom. The predicted molar refractivity (Wildman–Crippen MR) is 134 cm³/mol. The molecule has 0 radical (unpaired) electrons. The molecule has 1 N–H and O–H groups in total. The van der Waals surface area contributed by atoms with E-state index < -0.39 is 11.8 Å². The van der Waals surface area contributed by atoms with Crippen LogP contribution in [-0.2, 0) is 11.2 Å². The predicted octanol–water partition coefficient (Wildman–Crippen LogP) is 4.41. The molecule has 192 valence electrons. The first kappa shape index (κ1) is 25.4. The van der Waals surface area contributed by atoms with Crippen LogP contribution in [0.1, 0.15) is 21.5 Å². The number of fused-ring (bicyclic) bond motifs is 1. The van der Waals surface area contributed by atoms with Gasteiger partial charge in [-0.05, 0) is 59.7 Å². The van der Waals surface area contributed by atoms with E-state index in [-0.39, 0.29) is 24.4 Å². The Labute approximate surface area is 213 Å². The number of allylic oxidation sites excluding steroid dienone is 1. The second-order valence-corrected chi connectivity index (χ2v) is 7.99. The second kappa shape index (κ2) is 10.9. The fourth-order valence-corrected chi connectivity index (χ4v) is 4.12. The molecule has 0 aliphatic carbocycles. The van der Waals surface area contributed by atoms with E-state index >= 15 is 0 Å². The molecule has 0 saturated heterocycles. The van der Waals surface area contributed by atoms with Gasteiger partial charge in [0.15, 0.2) is 28.8 Å². The van der Waals surface area contributed by atoms with Crippen LogP contribution >= 0.6 is 0 Å². The summed E-state index contributed by atoms with van der Waals surface area (Å²) in [6.07, 6.45) is -0.0301. The molecule has 3 aromatic rings. The van der Waals surface area contributed by atoms with E-state index in [2.05, 4.69) is 0 Å². The number of hydrogen-bond donors (Lipinski definition) is 1. The summed E-state index contributed by atoms with van der Waals surface area (Å²) in [6.45, 7) is 0.0357. The van der Waals surface area contributed by atoms with Crippen molar-refractivity contribution in [2.45, 2.75) is 6.42 Å². The van der Waals surface area contributed by atoms with Crippen LogP contribution in [0.2, 0.25) is 0 Å². The molecule has 0 amide bonds. The van der Waals surface area contributed by atoms with Crippen molar-refractivity contribution in [3.05, 3.63) is 76.9 Å². The standard InChI is InChI=1S/C28H26O9/c1-32-19-8-5-17(6-9-19)26(29)20(11-16-12-23(33-2)27(35-4)24(13-16)34-3)25(28(30)31)18-7-10-21-22(14-18)37-15-36-21/h5-10,12-14H,11,15H2,1-4H3,(H,30,31). The Balaban J connectivity index is 1.90. The first-order valence-electron chi connectivity index (χ1n) is 11.2. The average molecular weight is 507 g/mol. The summed E-state index contributed by atoms with van der Waals surface area (Å²) in [7, 11) is 5.97. The third kappa shape index (κ3) is 5.16. The van der Waals surface area contributed by atoms with Gasteiger partial charge in [0.2, 0.25) is 12.5 Å². The van der Waals surface area contributed by atoms with Crippen molar-refractivity contribution in [1.82, 2.24) is 0 Å². The topological polar surface area (TPSA) is 110 Å². The Bertz CT molecular complexity index is 1330. The summed E-state index contributed by atoms with van der Waals surface area (Å²) in [4.78, 5) is 26.5. The van der Waals surface area contributed by atoms with Crippen molar-refractivity contribution >= 4 is 17.3 Å². The van der Waals surface area contributed by atoms with Gasteiger partial charge in [-0.1, -0.05) is 6.07 Å². The van der Waals surface area contributed by atoms with Crippen molar-refractivity contribution < 1.29 is 43.1 Å². The summed E-state index contributed by atoms with van der Waals surface area (Å²) in [6, 6.07) is 14.6. The lowest BCUT2D eigenvalue weighted by molar-refractivity contribution is -0.130. The molecule has 0 atom stereocenters. The number of carbonyl (C=O) groups excluding carboxylic acids is 1. The van der Waals surface area contributed by atoms with Crippen molar-refractivity contribution in [3.63, 3.8) is 0 Å². The number of methoxy groups -OCH3 is 4. The van der Waals surface area contributed by atoms with Crippen LogP contribution < -0.4 is 28.4 Å². The van der Waals surface area contributed by atoms with Gasteiger partial charge in [-0.25, -0.2) is 4.79 Å². The van der Waals surface area contributed by atoms with Gasteiger partial charge < -0.3 is 33.5 Å². The van der Waals surface area contributed by atoms with Crippen LogP contribution in [0.3, 0.4) is 0 Å². The quantitative estimate of drug-likeness (QED) is 0.316. The maximum Gasteiger partial charge on any atom is 0.336 e. The van der Waals surface area contributed by atoms with Gasteiger partial charge >= 0.3 is 5.97 Å². The van der Waals surface area contributed by atoms with Crippen LogP contribution in [0, 0.1) is 0 Å². The second-order valence-electron chi connectivity index (χ2n) is 7.99. The van der Waals surface area contributed by atoms with Crippen LogP contribution in [-0.4, -0.2) is 52.1 Å². The Hall–Kier alpha value is -4.66. The highest BCUT2D eigenvalue weighted by molar-refractivity contribution is 6.26. The lowest BCUT2D eigenvalue weighted by atomic mass is 9.89. The van der Waals surface area contributed by atoms with Crippen LogP contribution in [0.5, 0.6) is 34.5 Å². The molecular weight excluding hydrogens is 480 g/mol. The van der Waals surface area contributed by atoms with E-state index in [9.17, 15) is 14.7 Å². The fraction of sp³-hybridized carbons (Fsp3) is 0.214. The molecular formula is C28H26O9. The number of carbonyl (C=O) groups is 2. The van der Waals surface area contributed by atoms with E-state index in [0.717, 1.165) is 0 Å². The molecule has 1 heterocycles. The molecule has 1 aliphatic rings. The molecule has 0 bridgehead atoms. The zero-order chi connectivity index (χ0) is 26.5. The minimum absolute atomic E-state index is 0.0301. The molecule has 0 aromatic heterocycles. The monoisotopic (exact) mass is 506 g/mol. The van der Waals surface area contributed by atoms with Crippen molar-refractivity contribution in [2.75, 3.05) is 35.2 Å². The van der Waals surface area contributed by atoms with E-state index in [4.69, 9.17) is 28.4 Å². The van der Waals surface area contributed by atoms with E-state index in [1.807, 2.05) is 0 Å². The fourth-order valence-electron chi connectivity index (χ4n) is 4.12. The van der Waals surface area contributed by atoms with Gasteiger partial charge in [0.25, 0.3) is 0 Å². The summed E-state index contributed by atoms with van der Waals surface area (Å²) < 4.78 is 32.3. The molecule has 3 aromatic carbocycles. The van der Waals surface area contributed by atoms with Gasteiger partial charge in [-0.2, -0.15) is 0 Å². The van der Waals surface area contributed by atoms with E-state index in [1.165, 1.54) is 28.4 Å². The van der Waals surface area contributed by atoms with Gasteiger partial charge in [0.05, 0.1) is 34.0 Å². The normalized spacial score (nSPS) is 12.4. The van der Waals surface area contributed by atoms with Crippen molar-refractivity contribution in [2.24, 2.45) is 0 Å². The maximum atomic E-state index is 13.8.